The Kier molecular flexibility index (Phi) is 6.00. The Labute approximate surface area is 166 Å². The van der Waals surface area contributed by atoms with E-state index in [4.69, 9.17) is 9.47 Å². The molecule has 0 aromatic heterocycles. The van der Waals surface area contributed by atoms with Gasteiger partial charge in [0.2, 0.25) is 0 Å². The molecule has 3 rings (SSSR count). The molecule has 0 radical (unpaired) electrons. The zero-order chi connectivity index (χ0) is 20.1. The van der Waals surface area contributed by atoms with Crippen molar-refractivity contribution in [1.82, 2.24) is 5.32 Å². The molecule has 144 valence electrons. The predicted octanol–water partition coefficient (Wildman–Crippen LogP) is 3.35. The molecule has 8 heteroatoms. The number of anilines is 1. The average molecular weight is 398 g/mol. The first-order valence-corrected chi connectivity index (χ1v) is 9.18. The Morgan fingerprint density at radius 2 is 2.00 bits per heavy atom. The second-order valence-electron chi connectivity index (χ2n) is 5.97. The Hall–Kier alpha value is -3.26. The van der Waals surface area contributed by atoms with E-state index in [2.05, 4.69) is 10.6 Å². The molecular formula is C20H18N2O5S. The third-order valence-electron chi connectivity index (χ3n) is 3.79. The molecule has 0 atom stereocenters. The molecule has 0 spiro atoms. The van der Waals surface area contributed by atoms with Crippen molar-refractivity contribution in [2.45, 2.75) is 6.92 Å². The fourth-order valence-corrected chi connectivity index (χ4v) is 3.21. The van der Waals surface area contributed by atoms with Gasteiger partial charge in [0.15, 0.2) is 18.1 Å². The van der Waals surface area contributed by atoms with Crippen molar-refractivity contribution in [2.75, 3.05) is 19.0 Å². The fraction of sp³-hybridized carbons (Fsp3) is 0.150. The summed E-state index contributed by atoms with van der Waals surface area (Å²) in [7, 11) is 1.48. The number of benzene rings is 2. The van der Waals surface area contributed by atoms with Crippen LogP contribution < -0.4 is 20.1 Å². The van der Waals surface area contributed by atoms with Crippen molar-refractivity contribution in [3.05, 3.63) is 58.5 Å². The van der Waals surface area contributed by atoms with E-state index in [0.29, 0.717) is 27.7 Å². The van der Waals surface area contributed by atoms with Crippen molar-refractivity contribution in [3.63, 3.8) is 0 Å². The van der Waals surface area contributed by atoms with Crippen LogP contribution in [0.25, 0.3) is 6.08 Å². The van der Waals surface area contributed by atoms with Gasteiger partial charge in [-0.25, -0.2) is 0 Å². The van der Waals surface area contributed by atoms with E-state index in [1.807, 2.05) is 25.1 Å². The zero-order valence-electron chi connectivity index (χ0n) is 15.3. The third kappa shape index (κ3) is 4.92. The number of thioether (sulfide) groups is 1. The SMILES string of the molecule is COc1cc(/C=C2\SC(=O)NC2=O)ccc1OCC(=O)Nc1cccc(C)c1. The van der Waals surface area contributed by atoms with E-state index >= 15 is 0 Å². The summed E-state index contributed by atoms with van der Waals surface area (Å²) in [6.07, 6.45) is 1.58. The van der Waals surface area contributed by atoms with Crippen LogP contribution in [0.5, 0.6) is 11.5 Å². The summed E-state index contributed by atoms with van der Waals surface area (Å²) in [5.41, 5.74) is 2.41. The maximum atomic E-state index is 12.1. The second-order valence-corrected chi connectivity index (χ2v) is 6.98. The topological polar surface area (TPSA) is 93.7 Å². The van der Waals surface area contributed by atoms with Gasteiger partial charge in [0.25, 0.3) is 17.1 Å². The molecule has 28 heavy (non-hydrogen) atoms. The summed E-state index contributed by atoms with van der Waals surface area (Å²) in [6.45, 7) is 1.76. The molecule has 2 N–H and O–H groups in total. The van der Waals surface area contributed by atoms with Gasteiger partial charge in [0, 0.05) is 5.69 Å². The quantitative estimate of drug-likeness (QED) is 0.725. The van der Waals surface area contributed by atoms with Gasteiger partial charge < -0.3 is 14.8 Å². The highest BCUT2D eigenvalue weighted by molar-refractivity contribution is 8.18. The van der Waals surface area contributed by atoms with Gasteiger partial charge in [-0.1, -0.05) is 18.2 Å². The highest BCUT2D eigenvalue weighted by Crippen LogP contribution is 2.31. The minimum atomic E-state index is -0.429. The molecule has 1 aliphatic heterocycles. The maximum Gasteiger partial charge on any atom is 0.290 e. The highest BCUT2D eigenvalue weighted by Gasteiger charge is 2.25. The number of ether oxygens (including phenoxy) is 2. The van der Waals surface area contributed by atoms with Crippen LogP contribution in [0.4, 0.5) is 10.5 Å². The van der Waals surface area contributed by atoms with Crippen LogP contribution in [-0.2, 0) is 9.59 Å². The van der Waals surface area contributed by atoms with E-state index in [1.165, 1.54) is 7.11 Å². The molecule has 1 heterocycles. The molecule has 0 saturated carbocycles. The van der Waals surface area contributed by atoms with Crippen molar-refractivity contribution in [2.24, 2.45) is 0 Å². The molecule has 1 fully saturated rings. The number of carbonyl (C=O) groups excluding carboxylic acids is 3. The van der Waals surface area contributed by atoms with Crippen molar-refractivity contribution < 1.29 is 23.9 Å². The van der Waals surface area contributed by atoms with Crippen molar-refractivity contribution in [1.29, 1.82) is 0 Å². The van der Waals surface area contributed by atoms with Gasteiger partial charge in [-0.15, -0.1) is 0 Å². The lowest BCUT2D eigenvalue weighted by atomic mass is 10.2. The molecule has 1 saturated heterocycles. The molecule has 0 bridgehead atoms. The molecule has 2 aromatic carbocycles. The van der Waals surface area contributed by atoms with Crippen molar-refractivity contribution in [3.8, 4) is 11.5 Å². The summed E-state index contributed by atoms with van der Waals surface area (Å²) in [6, 6.07) is 12.5. The Morgan fingerprint density at radius 3 is 2.68 bits per heavy atom. The predicted molar refractivity (Wildman–Crippen MR) is 107 cm³/mol. The van der Waals surface area contributed by atoms with Crippen molar-refractivity contribution >= 4 is 40.6 Å². The largest absolute Gasteiger partial charge is 0.493 e. The monoisotopic (exact) mass is 398 g/mol. The summed E-state index contributed by atoms with van der Waals surface area (Å²) in [4.78, 5) is 35.3. The Bertz CT molecular complexity index is 971. The van der Waals surface area contributed by atoms with Gasteiger partial charge in [-0.2, -0.15) is 0 Å². The minimum absolute atomic E-state index is 0.183. The first-order chi connectivity index (χ1) is 13.4. The summed E-state index contributed by atoms with van der Waals surface area (Å²) in [5, 5.41) is 4.57. The van der Waals surface area contributed by atoms with Crippen LogP contribution in [0.1, 0.15) is 11.1 Å². The summed E-state index contributed by atoms with van der Waals surface area (Å²) in [5.74, 6) is 0.0783. The number of nitrogens with one attached hydrogen (secondary N) is 2. The standard InChI is InChI=1S/C20H18N2O5S/c1-12-4-3-5-14(8-12)21-18(23)11-27-15-7-6-13(9-16(15)26-2)10-17-19(24)22-20(25)28-17/h3-10H,11H2,1-2H3,(H,21,23)(H,22,24,25)/b17-10-. The summed E-state index contributed by atoms with van der Waals surface area (Å²) >= 11 is 0.839. The summed E-state index contributed by atoms with van der Waals surface area (Å²) < 4.78 is 10.9. The van der Waals surface area contributed by atoms with E-state index in [9.17, 15) is 14.4 Å². The number of hydrogen-bond donors (Lipinski definition) is 2. The zero-order valence-corrected chi connectivity index (χ0v) is 16.1. The molecule has 0 aliphatic carbocycles. The minimum Gasteiger partial charge on any atom is -0.493 e. The Balaban J connectivity index is 1.65. The van der Waals surface area contributed by atoms with E-state index < -0.39 is 11.1 Å². The van der Waals surface area contributed by atoms with Gasteiger partial charge in [-0.3, -0.25) is 19.7 Å². The lowest BCUT2D eigenvalue weighted by Crippen LogP contribution is -2.20. The van der Waals surface area contributed by atoms with Gasteiger partial charge >= 0.3 is 0 Å². The van der Waals surface area contributed by atoms with Crippen LogP contribution in [0.15, 0.2) is 47.4 Å². The lowest BCUT2D eigenvalue weighted by Gasteiger charge is -2.12. The number of carbonyl (C=O) groups is 3. The van der Waals surface area contributed by atoms with E-state index in [0.717, 1.165) is 17.3 Å². The van der Waals surface area contributed by atoms with Crippen LogP contribution in [0.2, 0.25) is 0 Å². The number of rotatable bonds is 6. The highest BCUT2D eigenvalue weighted by atomic mass is 32.2. The number of imide groups is 1. The normalized spacial score (nSPS) is 14.7. The number of aryl methyl sites for hydroxylation is 1. The molecular weight excluding hydrogens is 380 g/mol. The fourth-order valence-electron chi connectivity index (χ4n) is 2.53. The van der Waals surface area contributed by atoms with Crippen LogP contribution in [0, 0.1) is 6.92 Å². The lowest BCUT2D eigenvalue weighted by molar-refractivity contribution is -0.118. The Morgan fingerprint density at radius 1 is 1.18 bits per heavy atom. The maximum absolute atomic E-state index is 12.1. The number of hydrogen-bond acceptors (Lipinski definition) is 6. The molecule has 1 aliphatic rings. The molecule has 3 amide bonds. The van der Waals surface area contributed by atoms with Gasteiger partial charge in [-0.05, 0) is 60.2 Å². The second kappa shape index (κ2) is 8.62. The average Bonchev–Trinajstić information content (AvgIpc) is 2.97. The van der Waals surface area contributed by atoms with E-state index in [1.54, 1.807) is 30.3 Å². The van der Waals surface area contributed by atoms with Gasteiger partial charge in [0.1, 0.15) is 0 Å². The number of methoxy groups -OCH3 is 1. The van der Waals surface area contributed by atoms with E-state index in [-0.39, 0.29) is 12.5 Å². The number of amides is 3. The van der Waals surface area contributed by atoms with Crippen LogP contribution >= 0.6 is 11.8 Å². The molecule has 7 nitrogen and oxygen atoms in total. The third-order valence-corrected chi connectivity index (χ3v) is 4.60. The first kappa shape index (κ1) is 19.5. The molecule has 0 unspecified atom stereocenters. The smallest absolute Gasteiger partial charge is 0.290 e. The first-order valence-electron chi connectivity index (χ1n) is 8.37. The van der Waals surface area contributed by atoms with Crippen LogP contribution in [-0.4, -0.2) is 30.8 Å². The molecule has 2 aromatic rings. The van der Waals surface area contributed by atoms with Crippen LogP contribution in [0.3, 0.4) is 0 Å². The van der Waals surface area contributed by atoms with Gasteiger partial charge in [0.05, 0.1) is 12.0 Å².